The number of para-hydroxylation sites is 1. The van der Waals surface area contributed by atoms with Crippen LogP contribution in [0.4, 0.5) is 5.69 Å². The highest BCUT2D eigenvalue weighted by Gasteiger charge is 2.29. The highest BCUT2D eigenvalue weighted by Crippen LogP contribution is 2.35. The molecule has 2 N–H and O–H groups in total. The van der Waals surface area contributed by atoms with Crippen LogP contribution in [0.25, 0.3) is 11.0 Å². The fraction of sp³-hybridized carbons (Fsp3) is 0.333. The van der Waals surface area contributed by atoms with Crippen molar-refractivity contribution < 1.29 is 9.53 Å². The first-order valence-electron chi connectivity index (χ1n) is 9.51. The zero-order chi connectivity index (χ0) is 20.5. The molecule has 1 amide bonds. The molecule has 1 saturated carbocycles. The van der Waals surface area contributed by atoms with Gasteiger partial charge in [0.2, 0.25) is 5.91 Å². The van der Waals surface area contributed by atoms with E-state index < -0.39 is 0 Å². The summed E-state index contributed by atoms with van der Waals surface area (Å²) in [7, 11) is 1.54. The number of rotatable bonds is 4. The highest BCUT2D eigenvalue weighted by atomic mass is 79.9. The maximum atomic E-state index is 12.7. The van der Waals surface area contributed by atoms with Gasteiger partial charge >= 0.3 is 5.69 Å². The number of hydrogen-bond acceptors (Lipinski definition) is 3. The molecule has 152 valence electrons. The number of fused-ring (bicyclic) bond motifs is 1. The van der Waals surface area contributed by atoms with Gasteiger partial charge < -0.3 is 15.0 Å². The van der Waals surface area contributed by atoms with Gasteiger partial charge in [0.05, 0.1) is 23.2 Å². The molecule has 29 heavy (non-hydrogen) atoms. The molecule has 1 fully saturated rings. The van der Waals surface area contributed by atoms with Crippen molar-refractivity contribution in [2.24, 2.45) is 5.92 Å². The smallest absolute Gasteiger partial charge is 0.326 e. The Kier molecular flexibility index (Phi) is 5.69. The number of aromatic amines is 1. The van der Waals surface area contributed by atoms with Gasteiger partial charge in [-0.25, -0.2) is 4.79 Å². The van der Waals surface area contributed by atoms with E-state index in [-0.39, 0.29) is 23.6 Å². The van der Waals surface area contributed by atoms with Crippen molar-refractivity contribution in [3.63, 3.8) is 0 Å². The maximum Gasteiger partial charge on any atom is 0.326 e. The number of nitrogens with one attached hydrogen (secondary N) is 2. The molecule has 1 aliphatic carbocycles. The van der Waals surface area contributed by atoms with Crippen LogP contribution in [0, 0.1) is 5.92 Å². The molecule has 0 radical (unpaired) electrons. The average Bonchev–Trinajstić information content (AvgIpc) is 3.07. The third-order valence-corrected chi connectivity index (χ3v) is 6.53. The molecule has 2 aromatic carbocycles. The Morgan fingerprint density at radius 2 is 2.00 bits per heavy atom. The van der Waals surface area contributed by atoms with Crippen LogP contribution in [0.5, 0.6) is 5.75 Å². The van der Waals surface area contributed by atoms with E-state index in [2.05, 4.69) is 26.2 Å². The lowest BCUT2D eigenvalue weighted by molar-refractivity contribution is -0.121. The van der Waals surface area contributed by atoms with Crippen molar-refractivity contribution in [2.75, 3.05) is 12.4 Å². The predicted octanol–water partition coefficient (Wildman–Crippen LogP) is 5.12. The Hall–Kier alpha value is -2.25. The molecule has 6 nitrogen and oxygen atoms in total. The fourth-order valence-corrected chi connectivity index (χ4v) is 4.70. The number of carbonyl (C=O) groups excluding carboxylic acids is 1. The lowest BCUT2D eigenvalue weighted by Crippen LogP contribution is -2.31. The zero-order valence-corrected chi connectivity index (χ0v) is 18.2. The van der Waals surface area contributed by atoms with E-state index in [0.717, 1.165) is 41.2 Å². The van der Waals surface area contributed by atoms with Crippen LogP contribution in [-0.2, 0) is 4.79 Å². The van der Waals surface area contributed by atoms with Gasteiger partial charge in [-0.3, -0.25) is 9.36 Å². The summed E-state index contributed by atoms with van der Waals surface area (Å²) in [5.41, 5.74) is 2.27. The minimum atomic E-state index is -0.104. The normalized spacial score (nSPS) is 19.3. The number of halogens is 2. The number of H-pyrrole nitrogens is 1. The van der Waals surface area contributed by atoms with Crippen LogP contribution >= 0.6 is 27.5 Å². The summed E-state index contributed by atoms with van der Waals surface area (Å²) in [5, 5.41) is 3.45. The number of methoxy groups -OCH3 is 1. The van der Waals surface area contributed by atoms with Crippen LogP contribution in [-0.4, -0.2) is 22.6 Å². The van der Waals surface area contributed by atoms with Gasteiger partial charge in [-0.1, -0.05) is 17.7 Å². The zero-order valence-electron chi connectivity index (χ0n) is 15.9. The van der Waals surface area contributed by atoms with Crippen LogP contribution in [0.1, 0.15) is 31.7 Å². The van der Waals surface area contributed by atoms with Gasteiger partial charge in [-0.15, -0.1) is 0 Å². The number of nitrogens with zero attached hydrogens (tertiary/aromatic N) is 1. The number of hydrogen-bond donors (Lipinski definition) is 2. The van der Waals surface area contributed by atoms with E-state index in [1.54, 1.807) is 25.3 Å². The van der Waals surface area contributed by atoms with Gasteiger partial charge in [0.25, 0.3) is 0 Å². The second-order valence-electron chi connectivity index (χ2n) is 7.28. The largest absolute Gasteiger partial charge is 0.495 e. The van der Waals surface area contributed by atoms with E-state index in [4.69, 9.17) is 16.3 Å². The predicted molar refractivity (Wildman–Crippen MR) is 118 cm³/mol. The molecular weight excluding hydrogens is 458 g/mol. The van der Waals surface area contributed by atoms with Crippen LogP contribution in [0.2, 0.25) is 5.02 Å². The van der Waals surface area contributed by atoms with Crippen molar-refractivity contribution in [3.8, 4) is 5.75 Å². The van der Waals surface area contributed by atoms with E-state index in [0.29, 0.717) is 16.5 Å². The Morgan fingerprint density at radius 3 is 2.72 bits per heavy atom. The minimum absolute atomic E-state index is 0.0122. The van der Waals surface area contributed by atoms with Crippen molar-refractivity contribution in [1.82, 2.24) is 9.55 Å². The van der Waals surface area contributed by atoms with Gasteiger partial charge in [0, 0.05) is 28.2 Å². The molecule has 1 aromatic heterocycles. The third-order valence-electron chi connectivity index (χ3n) is 5.55. The number of amides is 1. The topological polar surface area (TPSA) is 76.1 Å². The van der Waals surface area contributed by atoms with E-state index in [1.807, 2.05) is 22.8 Å². The van der Waals surface area contributed by atoms with Gasteiger partial charge in [-0.2, -0.15) is 0 Å². The third kappa shape index (κ3) is 3.94. The number of anilines is 1. The summed E-state index contributed by atoms with van der Waals surface area (Å²) in [6.45, 7) is 0. The van der Waals surface area contributed by atoms with E-state index in [1.165, 1.54) is 0 Å². The van der Waals surface area contributed by atoms with E-state index in [9.17, 15) is 9.59 Å². The summed E-state index contributed by atoms with van der Waals surface area (Å²) in [6, 6.07) is 11.1. The second kappa shape index (κ2) is 8.24. The Labute approximate surface area is 181 Å². The lowest BCUT2D eigenvalue weighted by atomic mass is 9.85. The number of benzene rings is 2. The van der Waals surface area contributed by atoms with Gasteiger partial charge in [0.1, 0.15) is 5.75 Å². The molecule has 0 aliphatic heterocycles. The summed E-state index contributed by atoms with van der Waals surface area (Å²) >= 11 is 9.53. The molecule has 1 aliphatic rings. The standard InChI is InChI=1S/C21H21BrClN3O3/c1-29-18-11-13(7-10-16(18)23)24-20(27)12-5-8-14(9-6-12)26-17-4-2-3-15(22)19(17)25-21(26)28/h2-4,7,10-12,14H,5-6,8-9H2,1H3,(H,24,27)(H,25,28)/t12-,14+. The number of carbonyl (C=O) groups is 1. The van der Waals surface area contributed by atoms with Crippen molar-refractivity contribution in [1.29, 1.82) is 0 Å². The summed E-state index contributed by atoms with van der Waals surface area (Å²) in [4.78, 5) is 28.2. The van der Waals surface area contributed by atoms with Crippen LogP contribution in [0.3, 0.4) is 0 Å². The molecule has 0 saturated heterocycles. The Morgan fingerprint density at radius 1 is 1.24 bits per heavy atom. The second-order valence-corrected chi connectivity index (χ2v) is 8.54. The molecule has 0 unspecified atom stereocenters. The number of aromatic nitrogens is 2. The summed E-state index contributed by atoms with van der Waals surface area (Å²) < 4.78 is 7.91. The molecule has 0 atom stereocenters. The van der Waals surface area contributed by atoms with Crippen molar-refractivity contribution in [2.45, 2.75) is 31.7 Å². The Balaban J connectivity index is 1.45. The monoisotopic (exact) mass is 477 g/mol. The minimum Gasteiger partial charge on any atom is -0.495 e. The highest BCUT2D eigenvalue weighted by molar-refractivity contribution is 9.10. The maximum absolute atomic E-state index is 12.7. The quantitative estimate of drug-likeness (QED) is 0.546. The molecular formula is C21H21BrClN3O3. The number of ether oxygens (including phenoxy) is 1. The SMILES string of the molecule is COc1cc(NC(=O)[C@H]2CC[C@@H](n3c(=O)[nH]c4c(Br)cccc43)CC2)ccc1Cl. The molecule has 0 spiro atoms. The molecule has 8 heteroatoms. The first-order valence-corrected chi connectivity index (χ1v) is 10.7. The summed E-state index contributed by atoms with van der Waals surface area (Å²) in [5.74, 6) is 0.431. The summed E-state index contributed by atoms with van der Waals surface area (Å²) in [6.07, 6.45) is 3.02. The van der Waals surface area contributed by atoms with Crippen LogP contribution < -0.4 is 15.7 Å². The lowest BCUT2D eigenvalue weighted by Gasteiger charge is -2.28. The molecule has 0 bridgehead atoms. The van der Waals surface area contributed by atoms with Crippen molar-refractivity contribution in [3.05, 3.63) is 56.4 Å². The van der Waals surface area contributed by atoms with Gasteiger partial charge in [-0.05, 0) is 65.9 Å². The van der Waals surface area contributed by atoms with E-state index >= 15 is 0 Å². The first-order chi connectivity index (χ1) is 14.0. The first kappa shape index (κ1) is 20.0. The number of imidazole rings is 1. The molecule has 4 rings (SSSR count). The van der Waals surface area contributed by atoms with Crippen LogP contribution in [0.15, 0.2) is 45.7 Å². The Bertz CT molecular complexity index is 1120. The average molecular weight is 479 g/mol. The van der Waals surface area contributed by atoms with Gasteiger partial charge in [0.15, 0.2) is 0 Å². The molecule has 1 heterocycles. The molecule has 3 aromatic rings. The fourth-order valence-electron chi connectivity index (χ4n) is 4.05. The van der Waals surface area contributed by atoms with Crippen molar-refractivity contribution >= 4 is 50.2 Å².